The summed E-state index contributed by atoms with van der Waals surface area (Å²) in [5.41, 5.74) is 1.74. The molecule has 0 spiro atoms. The van der Waals surface area contributed by atoms with E-state index >= 15 is 0 Å². The second-order valence-electron chi connectivity index (χ2n) is 8.20. The molecule has 11 heteroatoms. The van der Waals surface area contributed by atoms with Crippen molar-refractivity contribution in [1.82, 2.24) is 14.1 Å². The van der Waals surface area contributed by atoms with Crippen LogP contribution < -0.4 is 4.74 Å². The van der Waals surface area contributed by atoms with Crippen LogP contribution >= 0.6 is 0 Å². The van der Waals surface area contributed by atoms with Crippen LogP contribution in [0.15, 0.2) is 64.7 Å². The van der Waals surface area contributed by atoms with E-state index in [9.17, 15) is 27.1 Å². The Hall–Kier alpha value is -2.76. The number of nitrogens with zero attached hydrogens (tertiary/aromatic N) is 3. The number of halogens is 2. The van der Waals surface area contributed by atoms with Crippen LogP contribution in [0.25, 0.3) is 0 Å². The van der Waals surface area contributed by atoms with Gasteiger partial charge in [-0.15, -0.1) is 0 Å². The number of amides is 1. The fourth-order valence-electron chi connectivity index (χ4n) is 4.40. The summed E-state index contributed by atoms with van der Waals surface area (Å²) in [4.78, 5) is 16.6. The van der Waals surface area contributed by atoms with Crippen molar-refractivity contribution in [3.8, 4) is 5.75 Å². The molecule has 0 radical (unpaired) electrons. The van der Waals surface area contributed by atoms with Crippen LogP contribution in [0, 0.1) is 5.92 Å². The molecule has 4 rings (SSSR count). The number of hydrogen-bond acceptors (Lipinski definition) is 6. The molecule has 33 heavy (non-hydrogen) atoms. The predicted molar refractivity (Wildman–Crippen MR) is 116 cm³/mol. The van der Waals surface area contributed by atoms with Gasteiger partial charge in [0.2, 0.25) is 15.9 Å². The van der Waals surface area contributed by atoms with E-state index in [2.05, 4.69) is 4.74 Å². The monoisotopic (exact) mass is 481 g/mol. The van der Waals surface area contributed by atoms with Crippen molar-refractivity contribution in [3.05, 3.63) is 59.8 Å². The molecule has 3 heterocycles. The third kappa shape index (κ3) is 4.66. The van der Waals surface area contributed by atoms with E-state index < -0.39 is 22.6 Å². The highest BCUT2D eigenvalue weighted by Crippen LogP contribution is 2.32. The maximum absolute atomic E-state index is 13.1. The first-order valence-electron chi connectivity index (χ1n) is 10.4. The van der Waals surface area contributed by atoms with Crippen LogP contribution in [-0.4, -0.2) is 86.0 Å². The first kappa shape index (κ1) is 23.4. The maximum atomic E-state index is 13.1. The first-order chi connectivity index (χ1) is 15.7. The number of aliphatic hydroxyl groups is 1. The van der Waals surface area contributed by atoms with Gasteiger partial charge in [-0.3, -0.25) is 4.79 Å². The molecule has 1 aromatic carbocycles. The molecule has 1 N–H and O–H groups in total. The molecule has 0 saturated carbocycles. The lowest BCUT2D eigenvalue weighted by Crippen LogP contribution is -2.47. The van der Waals surface area contributed by atoms with Crippen molar-refractivity contribution in [2.24, 2.45) is 5.92 Å². The van der Waals surface area contributed by atoms with Gasteiger partial charge in [-0.05, 0) is 47.7 Å². The fourth-order valence-corrected chi connectivity index (χ4v) is 5.83. The largest absolute Gasteiger partial charge is 0.435 e. The number of alkyl halides is 2. The first-order valence-corrected chi connectivity index (χ1v) is 11.9. The van der Waals surface area contributed by atoms with Crippen LogP contribution in [0.1, 0.15) is 0 Å². The summed E-state index contributed by atoms with van der Waals surface area (Å²) in [6, 6.07) is 4.60. The third-order valence-electron chi connectivity index (χ3n) is 6.13. The van der Waals surface area contributed by atoms with Crippen molar-refractivity contribution >= 4 is 15.9 Å². The number of hydrogen-bond donors (Lipinski definition) is 1. The summed E-state index contributed by atoms with van der Waals surface area (Å²) in [5, 5.41) is 9.89. The van der Waals surface area contributed by atoms with Gasteiger partial charge in [-0.25, -0.2) is 8.42 Å². The van der Waals surface area contributed by atoms with E-state index in [1.165, 1.54) is 28.6 Å². The van der Waals surface area contributed by atoms with Crippen LogP contribution in [0.5, 0.6) is 5.75 Å². The van der Waals surface area contributed by atoms with E-state index in [1.54, 1.807) is 4.90 Å². The van der Waals surface area contributed by atoms with Gasteiger partial charge in [0.1, 0.15) is 5.75 Å². The number of aliphatic hydroxyl groups excluding tert-OH is 1. The van der Waals surface area contributed by atoms with E-state index in [-0.39, 0.29) is 42.3 Å². The zero-order chi connectivity index (χ0) is 23.8. The van der Waals surface area contributed by atoms with E-state index in [0.29, 0.717) is 13.1 Å². The van der Waals surface area contributed by atoms with Gasteiger partial charge in [0, 0.05) is 33.2 Å². The van der Waals surface area contributed by atoms with Crippen molar-refractivity contribution in [1.29, 1.82) is 0 Å². The minimum atomic E-state index is -3.83. The van der Waals surface area contributed by atoms with E-state index in [1.807, 2.05) is 36.4 Å². The molecule has 0 aliphatic carbocycles. The number of likely N-dealkylation sites (N-methyl/N-ethyl adjacent to an activating group) is 1. The topological polar surface area (TPSA) is 90.4 Å². The number of ether oxygens (including phenoxy) is 1. The molecular weight excluding hydrogens is 456 g/mol. The molecular formula is C22H25F2N3O5S. The Balaban J connectivity index is 1.39. The summed E-state index contributed by atoms with van der Waals surface area (Å²) in [6.07, 6.45) is 7.42. The Kier molecular flexibility index (Phi) is 6.55. The number of sulfonamides is 1. The average molecular weight is 482 g/mol. The molecule has 0 saturated heterocycles. The third-order valence-corrected chi connectivity index (χ3v) is 7.94. The van der Waals surface area contributed by atoms with Crippen molar-refractivity contribution in [2.75, 3.05) is 39.8 Å². The minimum Gasteiger partial charge on any atom is -0.435 e. The Morgan fingerprint density at radius 2 is 1.76 bits per heavy atom. The van der Waals surface area contributed by atoms with Crippen molar-refractivity contribution in [2.45, 2.75) is 17.5 Å². The Morgan fingerprint density at radius 1 is 1.12 bits per heavy atom. The highest BCUT2D eigenvalue weighted by Gasteiger charge is 2.40. The summed E-state index contributed by atoms with van der Waals surface area (Å²) < 4.78 is 56.2. The maximum Gasteiger partial charge on any atom is 0.387 e. The highest BCUT2D eigenvalue weighted by molar-refractivity contribution is 7.89. The number of benzene rings is 1. The lowest BCUT2D eigenvalue weighted by atomic mass is 9.96. The summed E-state index contributed by atoms with van der Waals surface area (Å²) in [7, 11) is -1.98. The molecule has 8 nitrogen and oxygen atoms in total. The zero-order valence-corrected chi connectivity index (χ0v) is 18.8. The SMILES string of the molecule is CN1C=CC=CC1[C@@H](CO)C(=O)N1CC2=C(C1)CN(S(=O)(=O)c1ccc(OC(F)F)cc1)C2. The average Bonchev–Trinajstić information content (AvgIpc) is 3.35. The molecule has 3 aliphatic heterocycles. The standard InChI is InChI=1S/C22H25F2N3O5S/c1-25-9-3-2-4-20(25)19(14-28)21(29)26-10-15-12-27(13-16(15)11-26)33(30,31)18-7-5-17(6-8-18)32-22(23)24/h2-9,19-20,22,28H,10-14H2,1H3/t19-,20?/m1/s1. The quantitative estimate of drug-likeness (QED) is 0.593. The molecule has 1 amide bonds. The van der Waals surface area contributed by atoms with Crippen molar-refractivity contribution < 1.29 is 31.8 Å². The normalized spacial score (nSPS) is 21.8. The van der Waals surface area contributed by atoms with Crippen molar-refractivity contribution in [3.63, 3.8) is 0 Å². The Labute approximate surface area is 191 Å². The van der Waals surface area contributed by atoms with Gasteiger partial charge >= 0.3 is 6.61 Å². The molecule has 1 unspecified atom stereocenters. The molecule has 0 aromatic heterocycles. The number of carbonyl (C=O) groups is 1. The summed E-state index contributed by atoms with van der Waals surface area (Å²) in [5.74, 6) is -0.912. The molecule has 3 aliphatic rings. The summed E-state index contributed by atoms with van der Waals surface area (Å²) >= 11 is 0. The van der Waals surface area contributed by atoms with Crippen LogP contribution in [0.2, 0.25) is 0 Å². The predicted octanol–water partition coefficient (Wildman–Crippen LogP) is 1.42. The van der Waals surface area contributed by atoms with Gasteiger partial charge in [0.25, 0.3) is 0 Å². The molecule has 1 aromatic rings. The van der Waals surface area contributed by atoms with Crippen LogP contribution in [0.3, 0.4) is 0 Å². The van der Waals surface area contributed by atoms with Gasteiger partial charge in [0.15, 0.2) is 0 Å². The molecule has 0 bridgehead atoms. The smallest absolute Gasteiger partial charge is 0.387 e. The second-order valence-corrected chi connectivity index (χ2v) is 10.1. The lowest BCUT2D eigenvalue weighted by Gasteiger charge is -2.34. The number of rotatable bonds is 7. The van der Waals surface area contributed by atoms with Gasteiger partial charge in [-0.2, -0.15) is 13.1 Å². The van der Waals surface area contributed by atoms with Gasteiger partial charge in [0.05, 0.1) is 23.5 Å². The molecule has 0 fully saturated rings. The molecule has 178 valence electrons. The summed E-state index contributed by atoms with van der Waals surface area (Å²) in [6.45, 7) is -2.33. The van der Waals surface area contributed by atoms with Crippen LogP contribution in [0.4, 0.5) is 8.78 Å². The fraction of sp³-hybridized carbons (Fsp3) is 0.409. The number of allylic oxidation sites excluding steroid dienone is 2. The molecule has 2 atom stereocenters. The Bertz CT molecular complexity index is 1080. The zero-order valence-electron chi connectivity index (χ0n) is 18.0. The van der Waals surface area contributed by atoms with Gasteiger partial charge in [-0.1, -0.05) is 12.2 Å². The van der Waals surface area contributed by atoms with Crippen LogP contribution in [-0.2, 0) is 14.8 Å². The Morgan fingerprint density at radius 3 is 2.30 bits per heavy atom. The minimum absolute atomic E-state index is 0.0151. The second kappa shape index (κ2) is 9.24. The lowest BCUT2D eigenvalue weighted by molar-refractivity contribution is -0.137. The highest BCUT2D eigenvalue weighted by atomic mass is 32.2. The van der Waals surface area contributed by atoms with Gasteiger partial charge < -0.3 is 19.6 Å². The van der Waals surface area contributed by atoms with E-state index in [0.717, 1.165) is 11.1 Å². The van der Waals surface area contributed by atoms with E-state index in [4.69, 9.17) is 0 Å². The number of carbonyl (C=O) groups excluding carboxylic acids is 1.